The standard InChI is InChI=1S/C10H11ClFNO3S/c1-6(5-11)17-10-4-9(16-2)7(12)3-8(10)13(14)15/h3-4,6H,5H2,1-2H3. The van der Waals surface area contributed by atoms with Crippen molar-refractivity contribution in [3.8, 4) is 5.75 Å². The summed E-state index contributed by atoms with van der Waals surface area (Å²) < 4.78 is 18.1. The summed E-state index contributed by atoms with van der Waals surface area (Å²) in [7, 11) is 1.31. The molecule has 94 valence electrons. The summed E-state index contributed by atoms with van der Waals surface area (Å²) in [6.45, 7) is 1.83. The van der Waals surface area contributed by atoms with Crippen LogP contribution in [0.1, 0.15) is 6.92 Å². The first kappa shape index (κ1) is 14.1. The number of halogens is 2. The Morgan fingerprint density at radius 3 is 2.76 bits per heavy atom. The molecule has 0 saturated heterocycles. The van der Waals surface area contributed by atoms with Crippen molar-refractivity contribution in [1.29, 1.82) is 0 Å². The molecule has 0 aliphatic rings. The number of benzene rings is 1. The highest BCUT2D eigenvalue weighted by Gasteiger charge is 2.20. The first-order chi connectivity index (χ1) is 7.99. The summed E-state index contributed by atoms with van der Waals surface area (Å²) in [5, 5.41) is 10.8. The lowest BCUT2D eigenvalue weighted by atomic mass is 10.3. The van der Waals surface area contributed by atoms with Crippen molar-refractivity contribution in [2.75, 3.05) is 13.0 Å². The molecule has 1 aromatic rings. The average Bonchev–Trinajstić information content (AvgIpc) is 2.30. The summed E-state index contributed by atoms with van der Waals surface area (Å²) >= 11 is 6.86. The Hall–Kier alpha value is -1.01. The number of nitrogens with zero attached hydrogens (tertiary/aromatic N) is 1. The van der Waals surface area contributed by atoms with Crippen LogP contribution in [0.25, 0.3) is 0 Å². The summed E-state index contributed by atoms with van der Waals surface area (Å²) in [6.07, 6.45) is 0. The molecule has 0 N–H and O–H groups in total. The Labute approximate surface area is 107 Å². The van der Waals surface area contributed by atoms with Gasteiger partial charge in [0.15, 0.2) is 11.6 Å². The van der Waals surface area contributed by atoms with Crippen LogP contribution in [0, 0.1) is 15.9 Å². The van der Waals surface area contributed by atoms with Crippen LogP contribution in [0.15, 0.2) is 17.0 Å². The minimum absolute atomic E-state index is 0.00876. The van der Waals surface area contributed by atoms with E-state index in [0.717, 1.165) is 6.07 Å². The molecule has 0 heterocycles. The Kier molecular flexibility index (Phi) is 5.02. The van der Waals surface area contributed by atoms with Gasteiger partial charge in [-0.1, -0.05) is 6.92 Å². The number of methoxy groups -OCH3 is 1. The molecule has 0 saturated carbocycles. The van der Waals surface area contributed by atoms with Crippen molar-refractivity contribution >= 4 is 29.1 Å². The van der Waals surface area contributed by atoms with Crippen molar-refractivity contribution in [3.63, 3.8) is 0 Å². The van der Waals surface area contributed by atoms with Crippen molar-refractivity contribution in [2.24, 2.45) is 0 Å². The van der Waals surface area contributed by atoms with Gasteiger partial charge in [-0.15, -0.1) is 23.4 Å². The van der Waals surface area contributed by atoms with Gasteiger partial charge in [-0.25, -0.2) is 4.39 Å². The number of thioether (sulfide) groups is 1. The van der Waals surface area contributed by atoms with Gasteiger partial charge in [0, 0.05) is 17.2 Å². The van der Waals surface area contributed by atoms with E-state index in [2.05, 4.69) is 0 Å². The molecule has 0 spiro atoms. The van der Waals surface area contributed by atoms with Gasteiger partial charge in [-0.05, 0) is 0 Å². The molecule has 0 aliphatic heterocycles. The Balaban J connectivity index is 3.19. The van der Waals surface area contributed by atoms with E-state index < -0.39 is 10.7 Å². The number of hydrogen-bond donors (Lipinski definition) is 0. The molecule has 0 bridgehead atoms. The third-order valence-electron chi connectivity index (χ3n) is 1.98. The number of rotatable bonds is 5. The highest BCUT2D eigenvalue weighted by Crippen LogP contribution is 2.36. The zero-order valence-electron chi connectivity index (χ0n) is 9.28. The molecule has 1 rings (SSSR count). The van der Waals surface area contributed by atoms with Crippen LogP contribution in [-0.2, 0) is 0 Å². The third kappa shape index (κ3) is 3.47. The Morgan fingerprint density at radius 2 is 2.29 bits per heavy atom. The van der Waals surface area contributed by atoms with E-state index in [4.69, 9.17) is 16.3 Å². The molecule has 17 heavy (non-hydrogen) atoms. The normalized spacial score (nSPS) is 12.2. The van der Waals surface area contributed by atoms with E-state index in [1.54, 1.807) is 0 Å². The lowest BCUT2D eigenvalue weighted by molar-refractivity contribution is -0.387. The molecule has 0 aromatic heterocycles. The lowest BCUT2D eigenvalue weighted by Crippen LogP contribution is -2.00. The second-order valence-electron chi connectivity index (χ2n) is 3.29. The molecule has 1 atom stereocenters. The number of nitro groups is 1. The molecule has 0 fully saturated rings. The lowest BCUT2D eigenvalue weighted by Gasteiger charge is -2.09. The van der Waals surface area contributed by atoms with E-state index in [1.807, 2.05) is 6.92 Å². The summed E-state index contributed by atoms with van der Waals surface area (Å²) in [5.41, 5.74) is -0.273. The summed E-state index contributed by atoms with van der Waals surface area (Å²) in [4.78, 5) is 10.5. The fourth-order valence-electron chi connectivity index (χ4n) is 1.17. The maximum absolute atomic E-state index is 13.3. The number of nitro benzene ring substituents is 1. The molecule has 0 aliphatic carbocycles. The molecule has 0 radical (unpaired) electrons. The van der Waals surface area contributed by atoms with Gasteiger partial charge in [0.25, 0.3) is 5.69 Å². The highest BCUT2D eigenvalue weighted by molar-refractivity contribution is 8.00. The summed E-state index contributed by atoms with van der Waals surface area (Å²) in [6, 6.07) is 2.18. The van der Waals surface area contributed by atoms with Crippen LogP contribution in [0.3, 0.4) is 0 Å². The zero-order chi connectivity index (χ0) is 13.0. The third-order valence-corrected chi connectivity index (χ3v) is 3.77. The SMILES string of the molecule is COc1cc(SC(C)CCl)c([N+](=O)[O-])cc1F. The van der Waals surface area contributed by atoms with Crippen molar-refractivity contribution in [3.05, 3.63) is 28.1 Å². The summed E-state index contributed by atoms with van der Waals surface area (Å²) in [5.74, 6) is -0.413. The second kappa shape index (κ2) is 6.07. The fraction of sp³-hybridized carbons (Fsp3) is 0.400. The van der Waals surface area contributed by atoms with Gasteiger partial charge >= 0.3 is 0 Å². The molecule has 7 heteroatoms. The smallest absolute Gasteiger partial charge is 0.286 e. The molecular weight excluding hydrogens is 269 g/mol. The largest absolute Gasteiger partial charge is 0.494 e. The van der Waals surface area contributed by atoms with Crippen LogP contribution >= 0.6 is 23.4 Å². The van der Waals surface area contributed by atoms with Crippen LogP contribution in [0.4, 0.5) is 10.1 Å². The van der Waals surface area contributed by atoms with E-state index in [9.17, 15) is 14.5 Å². The van der Waals surface area contributed by atoms with Crippen LogP contribution in [0.2, 0.25) is 0 Å². The number of ether oxygens (including phenoxy) is 1. The number of alkyl halides is 1. The van der Waals surface area contributed by atoms with Crippen molar-refractivity contribution in [2.45, 2.75) is 17.1 Å². The van der Waals surface area contributed by atoms with Gasteiger partial charge in [-0.3, -0.25) is 10.1 Å². The van der Waals surface area contributed by atoms with E-state index >= 15 is 0 Å². The fourth-order valence-corrected chi connectivity index (χ4v) is 2.28. The van der Waals surface area contributed by atoms with Crippen molar-refractivity contribution in [1.82, 2.24) is 0 Å². The van der Waals surface area contributed by atoms with Gasteiger partial charge in [-0.2, -0.15) is 0 Å². The van der Waals surface area contributed by atoms with Gasteiger partial charge < -0.3 is 4.74 Å². The molecule has 1 aromatic carbocycles. The van der Waals surface area contributed by atoms with Crippen LogP contribution in [-0.4, -0.2) is 23.2 Å². The molecular formula is C10H11ClFNO3S. The Morgan fingerprint density at radius 1 is 1.65 bits per heavy atom. The van der Waals surface area contributed by atoms with E-state index in [-0.39, 0.29) is 16.7 Å². The van der Waals surface area contributed by atoms with Gasteiger partial charge in [0.2, 0.25) is 0 Å². The van der Waals surface area contributed by atoms with E-state index in [0.29, 0.717) is 10.8 Å². The maximum atomic E-state index is 13.3. The highest BCUT2D eigenvalue weighted by atomic mass is 35.5. The topological polar surface area (TPSA) is 52.4 Å². The minimum atomic E-state index is -0.748. The van der Waals surface area contributed by atoms with Gasteiger partial charge in [0.1, 0.15) is 0 Å². The molecule has 0 amide bonds. The first-order valence-electron chi connectivity index (χ1n) is 4.74. The quantitative estimate of drug-likeness (QED) is 0.358. The average molecular weight is 280 g/mol. The minimum Gasteiger partial charge on any atom is -0.494 e. The van der Waals surface area contributed by atoms with Gasteiger partial charge in [0.05, 0.1) is 23.0 Å². The van der Waals surface area contributed by atoms with Crippen LogP contribution in [0.5, 0.6) is 5.75 Å². The predicted molar refractivity (Wildman–Crippen MR) is 65.6 cm³/mol. The van der Waals surface area contributed by atoms with Crippen molar-refractivity contribution < 1.29 is 14.1 Å². The first-order valence-corrected chi connectivity index (χ1v) is 6.15. The second-order valence-corrected chi connectivity index (χ2v) is 5.08. The zero-order valence-corrected chi connectivity index (χ0v) is 10.8. The van der Waals surface area contributed by atoms with E-state index in [1.165, 1.54) is 24.9 Å². The molecule has 1 unspecified atom stereocenters. The Bertz CT molecular complexity index is 430. The maximum Gasteiger partial charge on any atom is 0.286 e. The molecule has 4 nitrogen and oxygen atoms in total. The predicted octanol–water partition coefficient (Wildman–Crippen LogP) is 3.46. The van der Waals surface area contributed by atoms with Crippen LogP contribution < -0.4 is 4.74 Å². The number of hydrogen-bond acceptors (Lipinski definition) is 4. The monoisotopic (exact) mass is 279 g/mol.